The van der Waals surface area contributed by atoms with Crippen molar-refractivity contribution in [3.63, 3.8) is 0 Å². The number of nitrogens with zero attached hydrogens (tertiary/aromatic N) is 1. The fourth-order valence-corrected chi connectivity index (χ4v) is 4.35. The van der Waals surface area contributed by atoms with E-state index in [-0.39, 0.29) is 21.2 Å². The van der Waals surface area contributed by atoms with Crippen molar-refractivity contribution in [3.8, 4) is 0 Å². The van der Waals surface area contributed by atoms with E-state index in [0.717, 1.165) is 10.4 Å². The highest BCUT2D eigenvalue weighted by molar-refractivity contribution is 9.10. The summed E-state index contributed by atoms with van der Waals surface area (Å²) in [5.41, 5.74) is 5.20. The number of hydrogen-bond acceptors (Lipinski definition) is 4. The van der Waals surface area contributed by atoms with E-state index in [4.69, 9.17) is 17.3 Å². The first-order valence-corrected chi connectivity index (χ1v) is 9.55. The van der Waals surface area contributed by atoms with Crippen LogP contribution in [-0.4, -0.2) is 37.8 Å². The Kier molecular flexibility index (Phi) is 6.15. The molecule has 1 aromatic rings. The Labute approximate surface area is 136 Å². The molecule has 1 unspecified atom stereocenters. The standard InChI is InChI=1S/C11H15BrClFN2O2S2/c1-6(5-19-3)16(2)20(17,18)8-4-7(13)9(12)11(15)10(8)14/h4,6H,5,15H2,1-3H3. The van der Waals surface area contributed by atoms with E-state index in [2.05, 4.69) is 15.9 Å². The molecule has 0 saturated carbocycles. The fourth-order valence-electron chi connectivity index (χ4n) is 1.53. The van der Waals surface area contributed by atoms with E-state index in [9.17, 15) is 12.8 Å². The van der Waals surface area contributed by atoms with Crippen molar-refractivity contribution in [1.29, 1.82) is 0 Å². The third kappa shape index (κ3) is 3.41. The van der Waals surface area contributed by atoms with E-state index >= 15 is 0 Å². The summed E-state index contributed by atoms with van der Waals surface area (Å²) in [6.07, 6.45) is 1.87. The predicted octanol–water partition coefficient (Wildman–Crippen LogP) is 3.20. The lowest BCUT2D eigenvalue weighted by Gasteiger charge is -2.24. The van der Waals surface area contributed by atoms with Gasteiger partial charge in [-0.2, -0.15) is 16.1 Å². The zero-order chi connectivity index (χ0) is 15.7. The molecule has 0 aliphatic carbocycles. The molecule has 114 valence electrons. The van der Waals surface area contributed by atoms with Crippen molar-refractivity contribution in [2.75, 3.05) is 24.8 Å². The monoisotopic (exact) mass is 404 g/mol. The lowest BCUT2D eigenvalue weighted by molar-refractivity contribution is 0.411. The Morgan fingerprint density at radius 3 is 2.65 bits per heavy atom. The van der Waals surface area contributed by atoms with Crippen LogP contribution in [0, 0.1) is 5.82 Å². The molecular formula is C11H15BrClFN2O2S2. The summed E-state index contributed by atoms with van der Waals surface area (Å²) in [6, 6.07) is 0.785. The van der Waals surface area contributed by atoms with Crippen LogP contribution >= 0.6 is 39.3 Å². The molecule has 1 aromatic carbocycles. The Morgan fingerprint density at radius 2 is 2.15 bits per heavy atom. The Hall–Kier alpha value is -0.0200. The van der Waals surface area contributed by atoms with Crippen LogP contribution in [0.2, 0.25) is 5.02 Å². The second-order valence-electron chi connectivity index (χ2n) is 4.22. The molecule has 0 heterocycles. The summed E-state index contributed by atoms with van der Waals surface area (Å²) in [4.78, 5) is -0.515. The van der Waals surface area contributed by atoms with E-state index in [1.165, 1.54) is 18.8 Å². The average Bonchev–Trinajstić information content (AvgIpc) is 2.39. The largest absolute Gasteiger partial charge is 0.395 e. The third-order valence-corrected chi connectivity index (χ3v) is 7.01. The number of thioether (sulfide) groups is 1. The molecule has 1 rings (SSSR count). The molecule has 20 heavy (non-hydrogen) atoms. The normalized spacial score (nSPS) is 13.8. The number of sulfonamides is 1. The quantitative estimate of drug-likeness (QED) is 0.603. The highest BCUT2D eigenvalue weighted by Crippen LogP contribution is 2.35. The molecule has 0 aliphatic rings. The van der Waals surface area contributed by atoms with Crippen LogP contribution in [0.25, 0.3) is 0 Å². The lowest BCUT2D eigenvalue weighted by atomic mass is 10.3. The van der Waals surface area contributed by atoms with E-state index in [0.29, 0.717) is 5.75 Å². The maximum absolute atomic E-state index is 14.1. The minimum absolute atomic E-state index is 0.0494. The number of nitrogens with two attached hydrogens (primary N) is 1. The third-order valence-electron chi connectivity index (χ3n) is 2.84. The van der Waals surface area contributed by atoms with Crippen LogP contribution in [0.3, 0.4) is 0 Å². The van der Waals surface area contributed by atoms with Crippen molar-refractivity contribution in [3.05, 3.63) is 21.4 Å². The van der Waals surface area contributed by atoms with Crippen LogP contribution in [0.5, 0.6) is 0 Å². The summed E-state index contributed by atoms with van der Waals surface area (Å²) in [6.45, 7) is 1.75. The summed E-state index contributed by atoms with van der Waals surface area (Å²) in [5.74, 6) is -0.402. The molecule has 1 atom stereocenters. The van der Waals surface area contributed by atoms with Crippen LogP contribution in [-0.2, 0) is 10.0 Å². The number of benzene rings is 1. The Balaban J connectivity index is 3.37. The Morgan fingerprint density at radius 1 is 1.60 bits per heavy atom. The number of rotatable bonds is 5. The number of halogens is 3. The molecule has 0 bridgehead atoms. The molecule has 0 saturated heterocycles. The van der Waals surface area contributed by atoms with Crippen molar-refractivity contribution < 1.29 is 12.8 Å². The minimum atomic E-state index is -3.99. The predicted molar refractivity (Wildman–Crippen MR) is 86.3 cm³/mol. The van der Waals surface area contributed by atoms with Crippen LogP contribution in [0.1, 0.15) is 6.92 Å². The lowest BCUT2D eigenvalue weighted by Crippen LogP contribution is -2.37. The van der Waals surface area contributed by atoms with Gasteiger partial charge in [0.15, 0.2) is 5.82 Å². The zero-order valence-electron chi connectivity index (χ0n) is 11.2. The highest BCUT2D eigenvalue weighted by atomic mass is 79.9. The van der Waals surface area contributed by atoms with Gasteiger partial charge in [0.25, 0.3) is 0 Å². The van der Waals surface area contributed by atoms with Gasteiger partial charge in [-0.25, -0.2) is 12.8 Å². The second kappa shape index (κ2) is 6.83. The average molecular weight is 406 g/mol. The van der Waals surface area contributed by atoms with Gasteiger partial charge in [-0.15, -0.1) is 0 Å². The molecular weight excluding hydrogens is 391 g/mol. The van der Waals surface area contributed by atoms with E-state index in [1.54, 1.807) is 6.92 Å². The molecule has 2 N–H and O–H groups in total. The minimum Gasteiger partial charge on any atom is -0.395 e. The summed E-state index contributed by atoms with van der Waals surface area (Å²) in [5, 5.41) is 0.0494. The van der Waals surface area contributed by atoms with Gasteiger partial charge < -0.3 is 5.73 Å². The molecule has 4 nitrogen and oxygen atoms in total. The van der Waals surface area contributed by atoms with Crippen molar-refractivity contribution >= 4 is 55.0 Å². The molecule has 0 amide bonds. The number of anilines is 1. The van der Waals surface area contributed by atoms with Gasteiger partial charge in [0.2, 0.25) is 10.0 Å². The second-order valence-corrected chi connectivity index (χ2v) is 8.30. The molecule has 0 fully saturated rings. The first-order valence-electron chi connectivity index (χ1n) is 5.54. The zero-order valence-corrected chi connectivity index (χ0v) is 15.1. The van der Waals surface area contributed by atoms with E-state index in [1.807, 2.05) is 6.26 Å². The summed E-state index contributed by atoms with van der Waals surface area (Å²) in [7, 11) is -2.59. The van der Waals surface area contributed by atoms with Gasteiger partial charge >= 0.3 is 0 Å². The number of nitrogen functional groups attached to an aromatic ring is 1. The SMILES string of the molecule is CSCC(C)N(C)S(=O)(=O)c1cc(Cl)c(Br)c(N)c1F. The first-order chi connectivity index (χ1) is 9.14. The van der Waals surface area contributed by atoms with Crippen molar-refractivity contribution in [2.45, 2.75) is 17.9 Å². The van der Waals surface area contributed by atoms with Crippen LogP contribution in [0.15, 0.2) is 15.4 Å². The number of hydrogen-bond donors (Lipinski definition) is 1. The van der Waals surface area contributed by atoms with Gasteiger partial charge in [0.05, 0.1) is 15.2 Å². The van der Waals surface area contributed by atoms with Gasteiger partial charge in [0, 0.05) is 18.8 Å². The molecule has 9 heteroatoms. The highest BCUT2D eigenvalue weighted by Gasteiger charge is 2.30. The van der Waals surface area contributed by atoms with Gasteiger partial charge in [-0.3, -0.25) is 0 Å². The Bertz CT molecular complexity index is 613. The van der Waals surface area contributed by atoms with Gasteiger partial charge in [-0.1, -0.05) is 11.6 Å². The molecule has 0 aliphatic heterocycles. The maximum Gasteiger partial charge on any atom is 0.246 e. The van der Waals surface area contributed by atoms with Crippen molar-refractivity contribution in [2.24, 2.45) is 0 Å². The van der Waals surface area contributed by atoms with Crippen molar-refractivity contribution in [1.82, 2.24) is 4.31 Å². The van der Waals surface area contributed by atoms with Gasteiger partial charge in [0.1, 0.15) is 4.90 Å². The van der Waals surface area contributed by atoms with Crippen LogP contribution < -0.4 is 5.73 Å². The molecule has 0 radical (unpaired) electrons. The first kappa shape index (κ1) is 18.0. The van der Waals surface area contributed by atoms with E-state index < -0.39 is 20.7 Å². The smallest absolute Gasteiger partial charge is 0.246 e. The molecule has 0 spiro atoms. The summed E-state index contributed by atoms with van der Waals surface area (Å²) >= 11 is 10.4. The fraction of sp³-hybridized carbons (Fsp3) is 0.455. The maximum atomic E-state index is 14.1. The van der Waals surface area contributed by atoms with Gasteiger partial charge in [-0.05, 0) is 35.2 Å². The van der Waals surface area contributed by atoms with Crippen LogP contribution in [0.4, 0.5) is 10.1 Å². The summed E-state index contributed by atoms with van der Waals surface area (Å²) < 4.78 is 40.3. The molecule has 0 aromatic heterocycles. The topological polar surface area (TPSA) is 63.4 Å².